The molecule has 0 rings (SSSR count). The molecule has 0 amide bonds. The van der Waals surface area contributed by atoms with Crippen LogP contribution in [0.2, 0.25) is 0 Å². The van der Waals surface area contributed by atoms with Crippen molar-refractivity contribution in [2.75, 3.05) is 20.8 Å². The third-order valence-electron chi connectivity index (χ3n) is 1.62. The van der Waals surface area contributed by atoms with E-state index in [0.717, 1.165) is 6.42 Å². The Morgan fingerprint density at radius 2 is 1.73 bits per heavy atom. The molecule has 1 unspecified atom stereocenters. The Balaban J connectivity index is 3.34. The summed E-state index contributed by atoms with van der Waals surface area (Å²) >= 11 is 0. The van der Waals surface area contributed by atoms with E-state index in [1.165, 1.54) is 0 Å². The van der Waals surface area contributed by atoms with E-state index in [4.69, 9.17) is 14.2 Å². The molecule has 0 aliphatic rings. The van der Waals surface area contributed by atoms with Gasteiger partial charge in [0.1, 0.15) is 0 Å². The SMILES string of the molecule is CCC(C)OCC(OC)OC. The average Bonchev–Trinajstić information content (AvgIpc) is 2.06. The van der Waals surface area contributed by atoms with Gasteiger partial charge in [0.2, 0.25) is 0 Å². The number of ether oxygens (including phenoxy) is 3. The first-order valence-corrected chi connectivity index (χ1v) is 3.91. The third-order valence-corrected chi connectivity index (χ3v) is 1.62. The lowest BCUT2D eigenvalue weighted by molar-refractivity contribution is -0.149. The van der Waals surface area contributed by atoms with E-state index in [1.807, 2.05) is 6.92 Å². The van der Waals surface area contributed by atoms with E-state index in [9.17, 15) is 0 Å². The van der Waals surface area contributed by atoms with Gasteiger partial charge in [-0.2, -0.15) is 0 Å². The standard InChI is InChI=1S/C8H18O3/c1-5-7(2)11-6-8(9-3)10-4/h7-8H,5-6H2,1-4H3. The van der Waals surface area contributed by atoms with Crippen molar-refractivity contribution in [2.45, 2.75) is 32.7 Å². The van der Waals surface area contributed by atoms with Crippen molar-refractivity contribution in [3.05, 3.63) is 0 Å². The fraction of sp³-hybridized carbons (Fsp3) is 1.00. The molecule has 0 aliphatic heterocycles. The molecule has 0 aliphatic carbocycles. The molecule has 0 N–H and O–H groups in total. The summed E-state index contributed by atoms with van der Waals surface area (Å²) in [5.74, 6) is 0. The molecule has 68 valence electrons. The van der Waals surface area contributed by atoms with Gasteiger partial charge in [-0.1, -0.05) is 6.92 Å². The van der Waals surface area contributed by atoms with Crippen molar-refractivity contribution in [1.82, 2.24) is 0 Å². The Labute approximate surface area is 68.6 Å². The molecule has 0 saturated heterocycles. The first-order chi connectivity index (χ1) is 5.24. The molecular weight excluding hydrogens is 144 g/mol. The topological polar surface area (TPSA) is 27.7 Å². The Kier molecular flexibility index (Phi) is 6.51. The highest BCUT2D eigenvalue weighted by molar-refractivity contribution is 4.46. The third kappa shape index (κ3) is 5.18. The lowest BCUT2D eigenvalue weighted by Gasteiger charge is -2.16. The summed E-state index contributed by atoms with van der Waals surface area (Å²) in [5, 5.41) is 0. The molecule has 3 nitrogen and oxygen atoms in total. The first kappa shape index (κ1) is 10.9. The largest absolute Gasteiger partial charge is 0.373 e. The number of hydrogen-bond acceptors (Lipinski definition) is 3. The summed E-state index contributed by atoms with van der Waals surface area (Å²) in [7, 11) is 3.21. The van der Waals surface area contributed by atoms with Gasteiger partial charge in [0.05, 0.1) is 12.7 Å². The van der Waals surface area contributed by atoms with Gasteiger partial charge in [0.25, 0.3) is 0 Å². The predicted octanol–water partition coefficient (Wildman–Crippen LogP) is 1.42. The van der Waals surface area contributed by atoms with Crippen molar-refractivity contribution >= 4 is 0 Å². The fourth-order valence-electron chi connectivity index (χ4n) is 0.593. The van der Waals surface area contributed by atoms with Crippen LogP contribution in [-0.4, -0.2) is 33.2 Å². The second kappa shape index (κ2) is 6.58. The maximum Gasteiger partial charge on any atom is 0.180 e. The highest BCUT2D eigenvalue weighted by Crippen LogP contribution is 1.99. The van der Waals surface area contributed by atoms with Gasteiger partial charge >= 0.3 is 0 Å². The predicted molar refractivity (Wildman–Crippen MR) is 43.5 cm³/mol. The minimum Gasteiger partial charge on any atom is -0.373 e. The van der Waals surface area contributed by atoms with Crippen molar-refractivity contribution < 1.29 is 14.2 Å². The number of rotatable bonds is 6. The maximum atomic E-state index is 5.39. The molecule has 0 heterocycles. The fourth-order valence-corrected chi connectivity index (χ4v) is 0.593. The quantitative estimate of drug-likeness (QED) is 0.553. The second-order valence-electron chi connectivity index (χ2n) is 2.45. The summed E-state index contributed by atoms with van der Waals surface area (Å²) in [5.41, 5.74) is 0. The van der Waals surface area contributed by atoms with Gasteiger partial charge < -0.3 is 14.2 Å². The Morgan fingerprint density at radius 3 is 2.09 bits per heavy atom. The smallest absolute Gasteiger partial charge is 0.180 e. The van der Waals surface area contributed by atoms with Gasteiger partial charge in [-0.25, -0.2) is 0 Å². The van der Waals surface area contributed by atoms with Crippen molar-refractivity contribution in [3.63, 3.8) is 0 Å². The van der Waals surface area contributed by atoms with Crippen LogP contribution in [0.4, 0.5) is 0 Å². The summed E-state index contributed by atoms with van der Waals surface area (Å²) in [6.45, 7) is 4.61. The molecule has 0 aromatic carbocycles. The summed E-state index contributed by atoms with van der Waals surface area (Å²) in [6.07, 6.45) is 1.06. The number of methoxy groups -OCH3 is 2. The van der Waals surface area contributed by atoms with Crippen LogP contribution in [0, 0.1) is 0 Å². The zero-order chi connectivity index (χ0) is 8.69. The summed E-state index contributed by atoms with van der Waals surface area (Å²) < 4.78 is 15.3. The van der Waals surface area contributed by atoms with Crippen LogP contribution in [0.3, 0.4) is 0 Å². The highest BCUT2D eigenvalue weighted by Gasteiger charge is 2.06. The molecular formula is C8H18O3. The molecule has 0 aromatic heterocycles. The van der Waals surface area contributed by atoms with Crippen LogP contribution in [0.25, 0.3) is 0 Å². The zero-order valence-electron chi connectivity index (χ0n) is 7.79. The van der Waals surface area contributed by atoms with Gasteiger partial charge in [-0.3, -0.25) is 0 Å². The van der Waals surface area contributed by atoms with Crippen molar-refractivity contribution in [2.24, 2.45) is 0 Å². The molecule has 0 spiro atoms. The molecule has 0 fully saturated rings. The first-order valence-electron chi connectivity index (χ1n) is 3.91. The monoisotopic (exact) mass is 162 g/mol. The molecule has 1 atom stereocenters. The Bertz CT molecular complexity index is 81.4. The van der Waals surface area contributed by atoms with E-state index in [0.29, 0.717) is 6.61 Å². The minimum absolute atomic E-state index is 0.232. The van der Waals surface area contributed by atoms with Crippen molar-refractivity contribution in [3.8, 4) is 0 Å². The van der Waals surface area contributed by atoms with Gasteiger partial charge in [-0.05, 0) is 13.3 Å². The lowest BCUT2D eigenvalue weighted by Crippen LogP contribution is -2.23. The normalized spacial score (nSPS) is 13.9. The Morgan fingerprint density at radius 1 is 1.18 bits per heavy atom. The number of hydrogen-bond donors (Lipinski definition) is 0. The molecule has 0 saturated carbocycles. The van der Waals surface area contributed by atoms with Gasteiger partial charge in [-0.15, -0.1) is 0 Å². The highest BCUT2D eigenvalue weighted by atomic mass is 16.7. The van der Waals surface area contributed by atoms with Crippen LogP contribution in [-0.2, 0) is 14.2 Å². The van der Waals surface area contributed by atoms with E-state index in [1.54, 1.807) is 14.2 Å². The van der Waals surface area contributed by atoms with Crippen LogP contribution < -0.4 is 0 Å². The van der Waals surface area contributed by atoms with Crippen LogP contribution >= 0.6 is 0 Å². The average molecular weight is 162 g/mol. The molecule has 0 radical (unpaired) electrons. The van der Waals surface area contributed by atoms with Crippen LogP contribution in [0.5, 0.6) is 0 Å². The van der Waals surface area contributed by atoms with Gasteiger partial charge in [0.15, 0.2) is 6.29 Å². The van der Waals surface area contributed by atoms with E-state index in [-0.39, 0.29) is 12.4 Å². The molecule has 11 heavy (non-hydrogen) atoms. The van der Waals surface area contributed by atoms with Gasteiger partial charge in [0, 0.05) is 14.2 Å². The minimum atomic E-state index is -0.232. The van der Waals surface area contributed by atoms with E-state index in [2.05, 4.69) is 6.92 Å². The second-order valence-corrected chi connectivity index (χ2v) is 2.45. The van der Waals surface area contributed by atoms with E-state index < -0.39 is 0 Å². The van der Waals surface area contributed by atoms with Crippen LogP contribution in [0.1, 0.15) is 20.3 Å². The summed E-state index contributed by atoms with van der Waals surface area (Å²) in [6, 6.07) is 0. The lowest BCUT2D eigenvalue weighted by atomic mass is 10.3. The maximum absolute atomic E-state index is 5.39. The summed E-state index contributed by atoms with van der Waals surface area (Å²) in [4.78, 5) is 0. The van der Waals surface area contributed by atoms with Crippen LogP contribution in [0.15, 0.2) is 0 Å². The van der Waals surface area contributed by atoms with E-state index >= 15 is 0 Å². The molecule has 0 aromatic rings. The Hall–Kier alpha value is -0.120. The zero-order valence-corrected chi connectivity index (χ0v) is 7.79. The van der Waals surface area contributed by atoms with Crippen molar-refractivity contribution in [1.29, 1.82) is 0 Å². The molecule has 3 heteroatoms. The molecule has 0 bridgehead atoms.